The number of hydrogen-bond donors (Lipinski definition) is 1. The van der Waals surface area contributed by atoms with Gasteiger partial charge in [-0.2, -0.15) is 0 Å². The molecule has 1 unspecified atom stereocenters. The highest BCUT2D eigenvalue weighted by Crippen LogP contribution is 2.25. The Kier molecular flexibility index (Phi) is 9.17. The minimum absolute atomic E-state index is 0.217. The Balaban J connectivity index is 1.73. The van der Waals surface area contributed by atoms with Gasteiger partial charge in [-0.15, -0.1) is 0 Å². The molecule has 0 spiro atoms. The Bertz CT molecular complexity index is 965. The molecule has 1 atom stereocenters. The molecular weight excluding hydrogens is 460 g/mol. The molecule has 29 heavy (non-hydrogen) atoms. The van der Waals surface area contributed by atoms with E-state index in [1.165, 1.54) is 18.2 Å². The van der Waals surface area contributed by atoms with Gasteiger partial charge < -0.3 is 14.8 Å². The fraction of sp³-hybridized carbons (Fsp3) is 0.100. The van der Waals surface area contributed by atoms with Gasteiger partial charge in [-0.3, -0.25) is 4.79 Å². The Hall–Kier alpha value is -2.36. The van der Waals surface area contributed by atoms with Crippen molar-refractivity contribution in [1.29, 1.82) is 0 Å². The van der Waals surface area contributed by atoms with Crippen LogP contribution in [0.4, 0.5) is 5.69 Å². The maximum Gasteiger partial charge on any atom is 0.364 e. The van der Waals surface area contributed by atoms with Crippen molar-refractivity contribution in [2.45, 2.75) is 5.56 Å². The summed E-state index contributed by atoms with van der Waals surface area (Å²) in [6, 6.07) is 11.0. The monoisotopic (exact) mass is 471 g/mol. The maximum atomic E-state index is 11.8. The van der Waals surface area contributed by atoms with Crippen LogP contribution in [0.2, 0.25) is 15.1 Å². The normalized spacial score (nSPS) is 11.3. The lowest BCUT2D eigenvalue weighted by Gasteiger charge is -2.10. The summed E-state index contributed by atoms with van der Waals surface area (Å²) in [6.45, 7) is -0.217. The molecule has 0 aliphatic heterocycles. The predicted octanol–water partition coefficient (Wildman–Crippen LogP) is 5.33. The standard InChI is InChI=1S/C20H13Cl4NO4/c21-13-5-8-15(9-6-13)29-19(24)20(27)28-11-3-1-2-4-18(26)25-14-7-10-16(22)17(23)12-14/h2,4-10,12,19H,11H2,(H,25,26). The van der Waals surface area contributed by atoms with E-state index in [1.54, 1.807) is 36.4 Å². The summed E-state index contributed by atoms with van der Waals surface area (Å²) in [5.74, 6) is 4.27. The van der Waals surface area contributed by atoms with Crippen molar-refractivity contribution in [3.05, 3.63) is 69.7 Å². The van der Waals surface area contributed by atoms with Crippen molar-refractivity contribution in [2.24, 2.45) is 0 Å². The van der Waals surface area contributed by atoms with Crippen LogP contribution in [-0.2, 0) is 14.3 Å². The predicted molar refractivity (Wildman–Crippen MR) is 115 cm³/mol. The van der Waals surface area contributed by atoms with Gasteiger partial charge in [-0.05, 0) is 48.5 Å². The quantitative estimate of drug-likeness (QED) is 0.267. The van der Waals surface area contributed by atoms with Crippen molar-refractivity contribution in [1.82, 2.24) is 0 Å². The molecule has 0 bridgehead atoms. The van der Waals surface area contributed by atoms with Gasteiger partial charge in [0.05, 0.1) is 10.0 Å². The Morgan fingerprint density at radius 2 is 1.79 bits per heavy atom. The zero-order valence-corrected chi connectivity index (χ0v) is 17.6. The minimum Gasteiger partial charge on any atom is -0.463 e. The van der Waals surface area contributed by atoms with Crippen LogP contribution < -0.4 is 10.1 Å². The first-order chi connectivity index (χ1) is 13.8. The summed E-state index contributed by atoms with van der Waals surface area (Å²) in [5.41, 5.74) is -0.838. The Morgan fingerprint density at radius 3 is 2.48 bits per heavy atom. The largest absolute Gasteiger partial charge is 0.463 e. The SMILES string of the molecule is O=C(C=CC#CCOC(=O)C(Cl)Oc1ccc(Cl)cc1)Nc1ccc(Cl)c(Cl)c1. The first-order valence-electron chi connectivity index (χ1n) is 7.99. The molecule has 5 nitrogen and oxygen atoms in total. The second-order valence-corrected chi connectivity index (χ2v) is 6.92. The van der Waals surface area contributed by atoms with E-state index in [-0.39, 0.29) is 6.61 Å². The van der Waals surface area contributed by atoms with Crippen LogP contribution in [0.1, 0.15) is 0 Å². The van der Waals surface area contributed by atoms with E-state index in [0.29, 0.717) is 26.5 Å². The molecule has 2 aromatic rings. The highest BCUT2D eigenvalue weighted by molar-refractivity contribution is 6.42. The lowest BCUT2D eigenvalue weighted by Crippen LogP contribution is -2.23. The summed E-state index contributed by atoms with van der Waals surface area (Å²) in [6.07, 6.45) is 2.52. The molecule has 0 saturated carbocycles. The van der Waals surface area contributed by atoms with Crippen LogP contribution in [0.5, 0.6) is 5.75 Å². The van der Waals surface area contributed by atoms with Crippen LogP contribution in [0.15, 0.2) is 54.6 Å². The maximum absolute atomic E-state index is 11.8. The number of halogens is 4. The summed E-state index contributed by atoms with van der Waals surface area (Å²) in [4.78, 5) is 23.5. The second-order valence-electron chi connectivity index (χ2n) is 5.27. The zero-order chi connectivity index (χ0) is 21.2. The van der Waals surface area contributed by atoms with Crippen LogP contribution >= 0.6 is 46.4 Å². The molecule has 0 aromatic heterocycles. The van der Waals surface area contributed by atoms with E-state index in [2.05, 4.69) is 17.2 Å². The molecule has 0 heterocycles. The first-order valence-corrected chi connectivity index (χ1v) is 9.56. The van der Waals surface area contributed by atoms with Gasteiger partial charge in [0, 0.05) is 16.8 Å². The summed E-state index contributed by atoms with van der Waals surface area (Å²) in [5, 5.41) is 3.84. The number of carbonyl (C=O) groups is 2. The number of benzene rings is 2. The first kappa shape index (κ1) is 22.9. The number of nitrogens with one attached hydrogen (secondary N) is 1. The lowest BCUT2D eigenvalue weighted by atomic mass is 10.3. The third-order valence-corrected chi connectivity index (χ3v) is 4.39. The fourth-order valence-electron chi connectivity index (χ4n) is 1.83. The van der Waals surface area contributed by atoms with E-state index in [1.807, 2.05) is 0 Å². The van der Waals surface area contributed by atoms with Gasteiger partial charge >= 0.3 is 5.97 Å². The number of ether oxygens (including phenoxy) is 2. The molecule has 2 aromatic carbocycles. The average molecular weight is 473 g/mol. The number of carbonyl (C=O) groups excluding carboxylic acids is 2. The number of alkyl halides is 1. The molecule has 0 saturated heterocycles. The zero-order valence-electron chi connectivity index (χ0n) is 14.6. The summed E-state index contributed by atoms with van der Waals surface area (Å²) >= 11 is 23.3. The molecule has 2 rings (SSSR count). The molecular formula is C20H13Cl4NO4. The summed E-state index contributed by atoms with van der Waals surface area (Å²) in [7, 11) is 0. The van der Waals surface area contributed by atoms with Gasteiger partial charge in [-0.25, -0.2) is 4.79 Å². The van der Waals surface area contributed by atoms with Crippen LogP contribution in [0, 0.1) is 11.8 Å². The van der Waals surface area contributed by atoms with E-state index in [0.717, 1.165) is 0 Å². The molecule has 0 aliphatic carbocycles. The number of rotatable bonds is 6. The van der Waals surface area contributed by atoms with Crippen LogP contribution in [-0.4, -0.2) is 24.0 Å². The molecule has 0 fully saturated rings. The smallest absolute Gasteiger partial charge is 0.364 e. The molecule has 1 amide bonds. The third kappa shape index (κ3) is 8.26. The van der Waals surface area contributed by atoms with Gasteiger partial charge in [0.15, 0.2) is 6.61 Å². The van der Waals surface area contributed by atoms with Crippen LogP contribution in [0.3, 0.4) is 0 Å². The topological polar surface area (TPSA) is 64.6 Å². The molecule has 9 heteroatoms. The molecule has 150 valence electrons. The van der Waals surface area contributed by atoms with E-state index >= 15 is 0 Å². The number of allylic oxidation sites excluding steroid dienone is 1. The number of hydrogen-bond acceptors (Lipinski definition) is 4. The molecule has 0 radical (unpaired) electrons. The molecule has 0 aliphatic rings. The van der Waals surface area contributed by atoms with Crippen molar-refractivity contribution in [3.8, 4) is 17.6 Å². The number of esters is 1. The average Bonchev–Trinajstić information content (AvgIpc) is 2.69. The van der Waals surface area contributed by atoms with Crippen molar-refractivity contribution in [2.75, 3.05) is 11.9 Å². The number of amides is 1. The van der Waals surface area contributed by atoms with Gasteiger partial charge in [-0.1, -0.05) is 58.2 Å². The van der Waals surface area contributed by atoms with E-state index in [4.69, 9.17) is 55.9 Å². The van der Waals surface area contributed by atoms with E-state index in [9.17, 15) is 9.59 Å². The molecule has 1 N–H and O–H groups in total. The van der Waals surface area contributed by atoms with Crippen molar-refractivity contribution >= 4 is 64.0 Å². The Morgan fingerprint density at radius 1 is 1.07 bits per heavy atom. The van der Waals surface area contributed by atoms with E-state index < -0.39 is 17.4 Å². The van der Waals surface area contributed by atoms with Gasteiger partial charge in [0.1, 0.15) is 5.75 Å². The van der Waals surface area contributed by atoms with Gasteiger partial charge in [0.2, 0.25) is 5.91 Å². The van der Waals surface area contributed by atoms with Crippen molar-refractivity contribution < 1.29 is 19.1 Å². The van der Waals surface area contributed by atoms with Crippen LogP contribution in [0.25, 0.3) is 0 Å². The fourth-order valence-corrected chi connectivity index (χ4v) is 2.42. The highest BCUT2D eigenvalue weighted by atomic mass is 35.5. The van der Waals surface area contributed by atoms with Gasteiger partial charge in [0.25, 0.3) is 5.56 Å². The number of anilines is 1. The third-order valence-electron chi connectivity index (χ3n) is 3.13. The lowest BCUT2D eigenvalue weighted by molar-refractivity contribution is -0.146. The van der Waals surface area contributed by atoms with Crippen molar-refractivity contribution in [3.63, 3.8) is 0 Å². The summed E-state index contributed by atoms with van der Waals surface area (Å²) < 4.78 is 10.1. The minimum atomic E-state index is -1.33. The Labute approximate surface area is 187 Å². The highest BCUT2D eigenvalue weighted by Gasteiger charge is 2.18. The second kappa shape index (κ2) is 11.6.